The van der Waals surface area contributed by atoms with Crippen LogP contribution in [0.15, 0.2) is 11.1 Å². The number of carbonyl (C=O) groups is 2. The van der Waals surface area contributed by atoms with Gasteiger partial charge in [0.2, 0.25) is 0 Å². The Morgan fingerprint density at radius 1 is 1.44 bits per heavy atom. The van der Waals surface area contributed by atoms with Crippen molar-refractivity contribution >= 4 is 23.5 Å². The minimum Gasteiger partial charge on any atom is -0.481 e. The van der Waals surface area contributed by atoms with E-state index in [0.29, 0.717) is 11.5 Å². The molecule has 0 aromatic carbocycles. The first-order valence-corrected chi connectivity index (χ1v) is 5.47. The van der Waals surface area contributed by atoms with Gasteiger partial charge in [0.25, 0.3) is 0 Å². The Bertz CT molecular complexity index is 363. The van der Waals surface area contributed by atoms with Crippen molar-refractivity contribution in [2.75, 3.05) is 0 Å². The van der Waals surface area contributed by atoms with E-state index in [2.05, 4.69) is 0 Å². The van der Waals surface area contributed by atoms with Crippen molar-refractivity contribution in [3.63, 3.8) is 0 Å². The molecule has 2 atom stereocenters. The van der Waals surface area contributed by atoms with Crippen LogP contribution < -0.4 is 0 Å². The average molecular weight is 247 g/mol. The molecule has 0 spiro atoms. The summed E-state index contributed by atoms with van der Waals surface area (Å²) in [5.41, 5.74) is -2.25. The molecule has 0 fully saturated rings. The summed E-state index contributed by atoms with van der Waals surface area (Å²) in [7, 11) is 0. The molecule has 1 aliphatic rings. The number of hydrogen-bond acceptors (Lipinski definition) is 2. The zero-order valence-electron chi connectivity index (χ0n) is 9.29. The van der Waals surface area contributed by atoms with Crippen LogP contribution in [0, 0.1) is 10.8 Å². The smallest absolute Gasteiger partial charge is 0.313 e. The van der Waals surface area contributed by atoms with Gasteiger partial charge in [0.15, 0.2) is 0 Å². The molecule has 1 rings (SSSR count). The van der Waals surface area contributed by atoms with Crippen molar-refractivity contribution in [1.29, 1.82) is 0 Å². The lowest BCUT2D eigenvalue weighted by molar-refractivity contribution is -0.156. The predicted molar refractivity (Wildman–Crippen MR) is 59.3 cm³/mol. The van der Waals surface area contributed by atoms with E-state index in [1.54, 1.807) is 6.92 Å². The molecule has 0 aromatic heterocycles. The zero-order chi connectivity index (χ0) is 12.6. The summed E-state index contributed by atoms with van der Waals surface area (Å²) in [5, 5.41) is 18.7. The van der Waals surface area contributed by atoms with Gasteiger partial charge in [-0.3, -0.25) is 9.59 Å². The summed E-state index contributed by atoms with van der Waals surface area (Å²) in [6.45, 7) is 3.25. The van der Waals surface area contributed by atoms with Gasteiger partial charge in [-0.1, -0.05) is 24.6 Å². The Morgan fingerprint density at radius 3 is 2.38 bits per heavy atom. The highest BCUT2D eigenvalue weighted by atomic mass is 35.5. The molecule has 0 heterocycles. The molecular weight excluding hydrogens is 232 g/mol. The number of aliphatic carboxylic acids is 2. The number of hydrogen-bond donors (Lipinski definition) is 2. The lowest BCUT2D eigenvalue weighted by Gasteiger charge is -2.38. The Hall–Kier alpha value is -1.03. The number of rotatable bonds is 3. The van der Waals surface area contributed by atoms with Crippen LogP contribution in [-0.2, 0) is 9.59 Å². The van der Waals surface area contributed by atoms with Gasteiger partial charge in [0.05, 0.1) is 10.8 Å². The SMILES string of the molecule is CCC1(C(=O)O)CC(Cl)=CC(C)(C(=O)O)C1. The summed E-state index contributed by atoms with van der Waals surface area (Å²) in [6, 6.07) is 0. The van der Waals surface area contributed by atoms with Gasteiger partial charge >= 0.3 is 11.9 Å². The van der Waals surface area contributed by atoms with Gasteiger partial charge in [-0.15, -0.1) is 0 Å². The first kappa shape index (κ1) is 13.0. The largest absolute Gasteiger partial charge is 0.481 e. The minimum atomic E-state index is -1.19. The monoisotopic (exact) mass is 246 g/mol. The standard InChI is InChI=1S/C11H15ClO4/c1-3-11(9(15)16)5-7(12)4-10(2,6-11)8(13)14/h4H,3,5-6H2,1-2H3,(H,13,14)(H,15,16). The molecule has 1 aliphatic carbocycles. The summed E-state index contributed by atoms with van der Waals surface area (Å²) < 4.78 is 0. The Morgan fingerprint density at radius 2 is 2.00 bits per heavy atom. The van der Waals surface area contributed by atoms with E-state index < -0.39 is 22.8 Å². The molecule has 4 nitrogen and oxygen atoms in total. The summed E-state index contributed by atoms with van der Waals surface area (Å²) in [6.07, 6.45) is 2.11. The van der Waals surface area contributed by atoms with Gasteiger partial charge in [0, 0.05) is 5.03 Å². The van der Waals surface area contributed by atoms with Crippen LogP contribution in [0.3, 0.4) is 0 Å². The number of carboxylic acids is 2. The van der Waals surface area contributed by atoms with E-state index in [0.717, 1.165) is 0 Å². The van der Waals surface area contributed by atoms with E-state index in [-0.39, 0.29) is 12.8 Å². The van der Waals surface area contributed by atoms with Crippen molar-refractivity contribution < 1.29 is 19.8 Å². The lowest BCUT2D eigenvalue weighted by atomic mass is 9.65. The van der Waals surface area contributed by atoms with E-state index in [4.69, 9.17) is 16.7 Å². The molecule has 0 amide bonds. The Kier molecular flexibility index (Phi) is 3.33. The maximum absolute atomic E-state index is 11.3. The summed E-state index contributed by atoms with van der Waals surface area (Å²) in [4.78, 5) is 22.4. The second-order valence-corrected chi connectivity index (χ2v) is 5.09. The molecule has 0 aromatic rings. The highest BCUT2D eigenvalue weighted by molar-refractivity contribution is 6.30. The molecule has 2 unspecified atom stereocenters. The molecule has 0 aliphatic heterocycles. The van der Waals surface area contributed by atoms with Crippen LogP contribution >= 0.6 is 11.6 Å². The van der Waals surface area contributed by atoms with E-state index in [9.17, 15) is 14.7 Å². The molecule has 0 radical (unpaired) electrons. The van der Waals surface area contributed by atoms with Crippen LogP contribution in [0.2, 0.25) is 0 Å². The lowest BCUT2D eigenvalue weighted by Crippen LogP contribution is -2.42. The third-order valence-corrected chi connectivity index (χ3v) is 3.55. The topological polar surface area (TPSA) is 74.6 Å². The molecule has 90 valence electrons. The van der Waals surface area contributed by atoms with Crippen molar-refractivity contribution in [3.8, 4) is 0 Å². The van der Waals surface area contributed by atoms with Crippen LogP contribution in [0.25, 0.3) is 0 Å². The number of carboxylic acid groups (broad SMARTS) is 2. The Labute approximate surface area is 98.9 Å². The first-order valence-electron chi connectivity index (χ1n) is 5.10. The van der Waals surface area contributed by atoms with E-state index in [1.807, 2.05) is 0 Å². The normalized spacial score (nSPS) is 34.3. The van der Waals surface area contributed by atoms with E-state index in [1.165, 1.54) is 13.0 Å². The number of halogens is 1. The molecule has 0 saturated heterocycles. The Balaban J connectivity index is 3.19. The minimum absolute atomic E-state index is 0.0807. The third-order valence-electron chi connectivity index (χ3n) is 3.31. The van der Waals surface area contributed by atoms with Crippen LogP contribution in [0.4, 0.5) is 0 Å². The van der Waals surface area contributed by atoms with Crippen molar-refractivity contribution in [2.24, 2.45) is 10.8 Å². The zero-order valence-corrected chi connectivity index (χ0v) is 10.0. The molecule has 0 saturated carbocycles. The van der Waals surface area contributed by atoms with Crippen LogP contribution in [0.5, 0.6) is 0 Å². The van der Waals surface area contributed by atoms with Crippen molar-refractivity contribution in [1.82, 2.24) is 0 Å². The quantitative estimate of drug-likeness (QED) is 0.802. The number of allylic oxidation sites excluding steroid dienone is 1. The first-order chi connectivity index (χ1) is 7.26. The second kappa shape index (κ2) is 4.09. The van der Waals surface area contributed by atoms with Crippen molar-refractivity contribution in [3.05, 3.63) is 11.1 Å². The van der Waals surface area contributed by atoms with Gasteiger partial charge in [-0.25, -0.2) is 0 Å². The molecule has 2 N–H and O–H groups in total. The fourth-order valence-corrected chi connectivity index (χ4v) is 2.72. The molecule has 16 heavy (non-hydrogen) atoms. The van der Waals surface area contributed by atoms with Crippen LogP contribution in [-0.4, -0.2) is 22.2 Å². The predicted octanol–water partition coefficient (Wildman–Crippen LogP) is 2.47. The highest BCUT2D eigenvalue weighted by Crippen LogP contribution is 2.48. The van der Waals surface area contributed by atoms with Gasteiger partial charge in [-0.2, -0.15) is 0 Å². The summed E-state index contributed by atoms with van der Waals surface area (Å²) in [5.74, 6) is -2.02. The summed E-state index contributed by atoms with van der Waals surface area (Å²) >= 11 is 5.89. The maximum Gasteiger partial charge on any atom is 0.313 e. The fourth-order valence-electron chi connectivity index (χ4n) is 2.23. The second-order valence-electron chi connectivity index (χ2n) is 4.61. The highest BCUT2D eigenvalue weighted by Gasteiger charge is 2.49. The molecule has 0 bridgehead atoms. The van der Waals surface area contributed by atoms with Gasteiger partial charge in [-0.05, 0) is 26.2 Å². The van der Waals surface area contributed by atoms with E-state index >= 15 is 0 Å². The van der Waals surface area contributed by atoms with Crippen LogP contribution in [0.1, 0.15) is 33.1 Å². The van der Waals surface area contributed by atoms with Gasteiger partial charge in [0.1, 0.15) is 0 Å². The fraction of sp³-hybridized carbons (Fsp3) is 0.636. The maximum atomic E-state index is 11.3. The molecule has 5 heteroatoms. The average Bonchev–Trinajstić information content (AvgIpc) is 2.15. The van der Waals surface area contributed by atoms with Gasteiger partial charge < -0.3 is 10.2 Å². The van der Waals surface area contributed by atoms with Crippen molar-refractivity contribution in [2.45, 2.75) is 33.1 Å². The molecular formula is C11H15ClO4. The third kappa shape index (κ3) is 2.07.